The maximum atomic E-state index is 10.6. The minimum absolute atomic E-state index is 0.327. The Labute approximate surface area is 68.1 Å². The second kappa shape index (κ2) is 4.99. The van der Waals surface area contributed by atoms with Gasteiger partial charge in [-0.2, -0.15) is 0 Å². The third-order valence-corrected chi connectivity index (χ3v) is 1.55. The zero-order valence-corrected chi connectivity index (χ0v) is 7.42. The van der Waals surface area contributed by atoms with Crippen LogP contribution in [0.2, 0.25) is 0 Å². The number of methoxy groups -OCH3 is 1. The Morgan fingerprint density at radius 1 is 1.89 bits per heavy atom. The Hall–Kier alpha value is 0.160. The van der Waals surface area contributed by atoms with Crippen molar-refractivity contribution < 1.29 is 9.53 Å². The Morgan fingerprint density at radius 3 is 2.78 bits per heavy atom. The number of nitrogens with two attached hydrogens (primary N) is 1. The zero-order chi connectivity index (χ0) is 7.28. The Kier molecular flexibility index (Phi) is 5.07. The van der Waals surface area contributed by atoms with Crippen molar-refractivity contribution in [1.82, 2.24) is 0 Å². The van der Waals surface area contributed by atoms with Crippen LogP contribution in [0.5, 0.6) is 0 Å². The van der Waals surface area contributed by atoms with Gasteiger partial charge in [-0.25, -0.2) is 0 Å². The molecule has 0 saturated heterocycles. The Morgan fingerprint density at radius 2 is 2.44 bits per heavy atom. The highest BCUT2D eigenvalue weighted by Gasteiger charge is 2.11. The van der Waals surface area contributed by atoms with Gasteiger partial charge in [-0.15, -0.1) is 0 Å². The number of ether oxygens (including phenoxy) is 1. The molecule has 0 radical (unpaired) electrons. The molecule has 3 nitrogen and oxygen atoms in total. The number of esters is 1. The number of hydrogen-bond acceptors (Lipinski definition) is 3. The summed E-state index contributed by atoms with van der Waals surface area (Å²) in [6.07, 6.45) is 0.688. The van der Waals surface area contributed by atoms with Gasteiger partial charge in [0.2, 0.25) is 0 Å². The summed E-state index contributed by atoms with van der Waals surface area (Å²) in [5.74, 6) is -0.327. The first-order valence-electron chi connectivity index (χ1n) is 2.61. The maximum absolute atomic E-state index is 10.6. The summed E-state index contributed by atoms with van der Waals surface area (Å²) in [5.41, 5.74) is 5.36. The van der Waals surface area contributed by atoms with Crippen LogP contribution < -0.4 is 5.73 Å². The summed E-state index contributed by atoms with van der Waals surface area (Å²) >= 11 is 2.16. The summed E-state index contributed by atoms with van der Waals surface area (Å²) in [6.45, 7) is 0. The van der Waals surface area contributed by atoms with Crippen LogP contribution >= 0.6 is 22.6 Å². The lowest BCUT2D eigenvalue weighted by Crippen LogP contribution is -2.31. The van der Waals surface area contributed by atoms with E-state index in [2.05, 4.69) is 27.3 Å². The highest BCUT2D eigenvalue weighted by molar-refractivity contribution is 14.1. The van der Waals surface area contributed by atoms with E-state index in [0.717, 1.165) is 4.43 Å². The van der Waals surface area contributed by atoms with E-state index in [1.54, 1.807) is 0 Å². The van der Waals surface area contributed by atoms with Gasteiger partial charge in [0, 0.05) is 4.43 Å². The molecule has 0 saturated carbocycles. The van der Waals surface area contributed by atoms with Crippen molar-refractivity contribution in [2.75, 3.05) is 11.5 Å². The van der Waals surface area contributed by atoms with Crippen molar-refractivity contribution in [2.24, 2.45) is 5.73 Å². The van der Waals surface area contributed by atoms with E-state index >= 15 is 0 Å². The van der Waals surface area contributed by atoms with Crippen LogP contribution in [0, 0.1) is 0 Å². The number of carbonyl (C=O) groups excluding carboxylic acids is 1. The summed E-state index contributed by atoms with van der Waals surface area (Å²) in [5, 5.41) is 0. The number of hydrogen-bond donors (Lipinski definition) is 1. The van der Waals surface area contributed by atoms with Gasteiger partial charge in [0.15, 0.2) is 0 Å². The topological polar surface area (TPSA) is 52.3 Å². The summed E-state index contributed by atoms with van der Waals surface area (Å²) in [4.78, 5) is 10.6. The molecule has 2 N–H and O–H groups in total. The van der Waals surface area contributed by atoms with Crippen LogP contribution in [0.15, 0.2) is 0 Å². The first-order chi connectivity index (χ1) is 4.22. The monoisotopic (exact) mass is 243 g/mol. The van der Waals surface area contributed by atoms with Crippen molar-refractivity contribution in [2.45, 2.75) is 12.5 Å². The Balaban J connectivity index is 3.45. The smallest absolute Gasteiger partial charge is 0.322 e. The van der Waals surface area contributed by atoms with Crippen molar-refractivity contribution in [1.29, 1.82) is 0 Å². The normalized spacial score (nSPS) is 12.8. The van der Waals surface area contributed by atoms with E-state index in [1.165, 1.54) is 7.11 Å². The van der Waals surface area contributed by atoms with Gasteiger partial charge in [-0.3, -0.25) is 4.79 Å². The van der Waals surface area contributed by atoms with Crippen molar-refractivity contribution in [3.63, 3.8) is 0 Å². The number of rotatable bonds is 3. The van der Waals surface area contributed by atoms with Gasteiger partial charge < -0.3 is 10.5 Å². The average Bonchev–Trinajstić information content (AvgIpc) is 1.87. The maximum Gasteiger partial charge on any atom is 0.322 e. The van der Waals surface area contributed by atoms with Crippen molar-refractivity contribution >= 4 is 28.6 Å². The van der Waals surface area contributed by atoms with Gasteiger partial charge in [-0.05, 0) is 6.42 Å². The lowest BCUT2D eigenvalue weighted by Gasteiger charge is -2.04. The van der Waals surface area contributed by atoms with E-state index in [-0.39, 0.29) is 5.97 Å². The number of carbonyl (C=O) groups is 1. The fourth-order valence-corrected chi connectivity index (χ4v) is 1.06. The van der Waals surface area contributed by atoms with Crippen LogP contribution in [0.25, 0.3) is 0 Å². The largest absolute Gasteiger partial charge is 0.468 e. The molecule has 0 amide bonds. The predicted octanol–water partition coefficient (Wildman–Crippen LogP) is 0.312. The highest BCUT2D eigenvalue weighted by Crippen LogP contribution is 1.94. The molecule has 0 fully saturated rings. The third kappa shape index (κ3) is 3.69. The molecule has 0 heterocycles. The molecule has 0 aromatic heterocycles. The van der Waals surface area contributed by atoms with E-state index in [1.807, 2.05) is 0 Å². The zero-order valence-electron chi connectivity index (χ0n) is 5.26. The van der Waals surface area contributed by atoms with Gasteiger partial charge >= 0.3 is 5.97 Å². The van der Waals surface area contributed by atoms with E-state index in [0.29, 0.717) is 6.42 Å². The van der Waals surface area contributed by atoms with E-state index in [4.69, 9.17) is 5.73 Å². The molecule has 0 aliphatic carbocycles. The summed E-state index contributed by atoms with van der Waals surface area (Å²) < 4.78 is 5.28. The molecule has 9 heavy (non-hydrogen) atoms. The molecular formula is C5H10INO2. The third-order valence-electron chi connectivity index (χ3n) is 0.924. The van der Waals surface area contributed by atoms with Gasteiger partial charge in [0.25, 0.3) is 0 Å². The SMILES string of the molecule is COC(=O)C(N)CCI. The summed E-state index contributed by atoms with van der Waals surface area (Å²) in [6, 6.07) is -0.438. The molecular weight excluding hydrogens is 233 g/mol. The van der Waals surface area contributed by atoms with E-state index < -0.39 is 6.04 Å². The van der Waals surface area contributed by atoms with Crippen LogP contribution in [-0.2, 0) is 9.53 Å². The molecule has 0 aliphatic rings. The minimum Gasteiger partial charge on any atom is -0.468 e. The fraction of sp³-hybridized carbons (Fsp3) is 0.800. The average molecular weight is 243 g/mol. The highest BCUT2D eigenvalue weighted by atomic mass is 127. The van der Waals surface area contributed by atoms with Gasteiger partial charge in [0.1, 0.15) is 6.04 Å². The predicted molar refractivity (Wildman–Crippen MR) is 43.5 cm³/mol. The first-order valence-corrected chi connectivity index (χ1v) is 4.14. The van der Waals surface area contributed by atoms with Gasteiger partial charge in [-0.1, -0.05) is 22.6 Å². The minimum atomic E-state index is -0.438. The standard InChI is InChI=1S/C5H10INO2/c1-9-5(8)4(7)2-3-6/h4H,2-3,7H2,1H3. The second-order valence-corrected chi connectivity index (χ2v) is 2.69. The molecule has 0 aliphatic heterocycles. The van der Waals surface area contributed by atoms with Crippen molar-refractivity contribution in [3.05, 3.63) is 0 Å². The molecule has 0 bridgehead atoms. The molecule has 1 unspecified atom stereocenters. The van der Waals surface area contributed by atoms with Crippen LogP contribution in [0.4, 0.5) is 0 Å². The lowest BCUT2D eigenvalue weighted by atomic mass is 10.2. The van der Waals surface area contributed by atoms with Crippen LogP contribution in [0.3, 0.4) is 0 Å². The first kappa shape index (κ1) is 9.16. The van der Waals surface area contributed by atoms with E-state index in [9.17, 15) is 4.79 Å². The van der Waals surface area contributed by atoms with Crippen LogP contribution in [-0.4, -0.2) is 23.5 Å². The molecule has 54 valence electrons. The van der Waals surface area contributed by atoms with Crippen LogP contribution in [0.1, 0.15) is 6.42 Å². The van der Waals surface area contributed by atoms with Crippen molar-refractivity contribution in [3.8, 4) is 0 Å². The molecule has 0 rings (SSSR count). The molecule has 0 spiro atoms. The van der Waals surface area contributed by atoms with Gasteiger partial charge in [0.05, 0.1) is 7.11 Å². The Bertz CT molecular complexity index is 97.0. The molecule has 4 heteroatoms. The second-order valence-electron chi connectivity index (χ2n) is 1.61. The number of alkyl halides is 1. The molecule has 0 aromatic rings. The summed E-state index contributed by atoms with van der Waals surface area (Å²) in [7, 11) is 1.34. The lowest BCUT2D eigenvalue weighted by molar-refractivity contribution is -0.142. The quantitative estimate of drug-likeness (QED) is 0.441. The number of halogens is 1. The molecule has 1 atom stereocenters. The molecule has 0 aromatic carbocycles. The fourth-order valence-electron chi connectivity index (χ4n) is 0.387.